The Morgan fingerprint density at radius 3 is 1.38 bits per heavy atom. The Morgan fingerprint density at radius 1 is 0.590 bits per heavy atom. The second kappa shape index (κ2) is 20.3. The van der Waals surface area contributed by atoms with Gasteiger partial charge in [0.2, 0.25) is 0 Å². The monoisotopic (exact) mass is 584 g/mol. The summed E-state index contributed by atoms with van der Waals surface area (Å²) in [7, 11) is 0. The van der Waals surface area contributed by atoms with Gasteiger partial charge in [0.1, 0.15) is 0 Å². The van der Waals surface area contributed by atoms with E-state index < -0.39 is 49.2 Å². The predicted molar refractivity (Wildman–Crippen MR) is 132 cm³/mol. The molecule has 0 spiro atoms. The van der Waals surface area contributed by atoms with E-state index in [1.807, 2.05) is 0 Å². The Hall–Kier alpha value is -1.62. The summed E-state index contributed by atoms with van der Waals surface area (Å²) in [6, 6.07) is 0. The first kappa shape index (κ1) is 37.4. The number of unbranched alkanes of at least 4 members (excludes halogenated alkanes) is 14. The largest absolute Gasteiger partial charge is 0.466 e. The highest BCUT2D eigenvalue weighted by molar-refractivity contribution is 5.70. The Bertz CT molecular complexity index is 660. The predicted octanol–water partition coefficient (Wildman–Crippen LogP) is 9.29. The van der Waals surface area contributed by atoms with E-state index in [-0.39, 0.29) is 25.9 Å². The number of halogens is 8. The minimum absolute atomic E-state index is 0.0397. The maximum atomic E-state index is 13.3. The number of rotatable bonds is 25. The molecule has 0 rings (SSSR count). The van der Waals surface area contributed by atoms with Crippen molar-refractivity contribution in [3.05, 3.63) is 0 Å². The highest BCUT2D eigenvalue weighted by atomic mass is 19.4. The zero-order valence-corrected chi connectivity index (χ0v) is 22.9. The summed E-state index contributed by atoms with van der Waals surface area (Å²) < 4.78 is 112. The molecule has 0 unspecified atom stereocenters. The van der Waals surface area contributed by atoms with Crippen LogP contribution in [0.25, 0.3) is 0 Å². The van der Waals surface area contributed by atoms with Gasteiger partial charge in [-0.2, -0.15) is 26.3 Å². The lowest BCUT2D eigenvalue weighted by molar-refractivity contribution is -0.344. The van der Waals surface area contributed by atoms with Crippen LogP contribution >= 0.6 is 0 Å². The molecule has 4 nitrogen and oxygen atoms in total. The zero-order chi connectivity index (χ0) is 29.8. The average molecular weight is 585 g/mol. The molecule has 0 aliphatic carbocycles. The molecule has 0 amide bonds. The number of carbonyl (C=O) groups excluding carboxylic acids is 2. The number of esters is 2. The fourth-order valence-electron chi connectivity index (χ4n) is 3.81. The second-order valence-corrected chi connectivity index (χ2v) is 9.89. The third-order valence-corrected chi connectivity index (χ3v) is 6.34. The standard InChI is InChI=1S/C27H44F8O4/c1-2-3-4-5-6-7-8-9-10-11-12-13-14-17-20-38-22(36)18-15-16-19-23(37)39-21-25(30,31)27(34,35)26(32,33)24(28)29/h24H,2-21H2,1H3. The van der Waals surface area contributed by atoms with Crippen LogP contribution in [0.2, 0.25) is 0 Å². The molecule has 0 heterocycles. The Labute approximate surface area is 226 Å². The zero-order valence-electron chi connectivity index (χ0n) is 22.9. The summed E-state index contributed by atoms with van der Waals surface area (Å²) in [5, 5.41) is 0. The molecule has 39 heavy (non-hydrogen) atoms. The number of hydrogen-bond donors (Lipinski definition) is 0. The summed E-state index contributed by atoms with van der Waals surface area (Å²) in [5.74, 6) is -20.4. The van der Waals surface area contributed by atoms with Gasteiger partial charge < -0.3 is 9.47 Å². The molecule has 0 radical (unpaired) electrons. The van der Waals surface area contributed by atoms with Crippen LogP contribution in [0.15, 0.2) is 0 Å². The van der Waals surface area contributed by atoms with E-state index in [0.717, 1.165) is 25.7 Å². The SMILES string of the molecule is CCCCCCCCCCCCCCCCOC(=O)CCCCC(=O)OCC(F)(F)C(F)(F)C(F)(F)C(F)F. The third-order valence-electron chi connectivity index (χ3n) is 6.34. The minimum Gasteiger partial charge on any atom is -0.466 e. The fraction of sp³-hybridized carbons (Fsp3) is 0.926. The Balaban J connectivity index is 3.74. The molecule has 0 bridgehead atoms. The van der Waals surface area contributed by atoms with Gasteiger partial charge in [-0.15, -0.1) is 0 Å². The van der Waals surface area contributed by atoms with Crippen molar-refractivity contribution in [1.82, 2.24) is 0 Å². The van der Waals surface area contributed by atoms with E-state index >= 15 is 0 Å². The first-order valence-electron chi connectivity index (χ1n) is 14.0. The van der Waals surface area contributed by atoms with Crippen LogP contribution in [0.5, 0.6) is 0 Å². The molecular weight excluding hydrogens is 540 g/mol. The average Bonchev–Trinajstić information content (AvgIpc) is 2.87. The molecular formula is C27H44F8O4. The van der Waals surface area contributed by atoms with E-state index in [2.05, 4.69) is 11.7 Å². The number of carbonyl (C=O) groups is 2. The van der Waals surface area contributed by atoms with Crippen LogP contribution in [-0.4, -0.2) is 49.3 Å². The van der Waals surface area contributed by atoms with Crippen LogP contribution in [-0.2, 0) is 19.1 Å². The Kier molecular flexibility index (Phi) is 19.4. The van der Waals surface area contributed by atoms with Gasteiger partial charge in [-0.3, -0.25) is 9.59 Å². The van der Waals surface area contributed by atoms with Gasteiger partial charge >= 0.3 is 36.1 Å². The summed E-state index contributed by atoms with van der Waals surface area (Å²) in [6.45, 7) is -0.0147. The molecule has 0 saturated heterocycles. The maximum Gasteiger partial charge on any atom is 0.381 e. The van der Waals surface area contributed by atoms with E-state index in [1.165, 1.54) is 64.2 Å². The van der Waals surface area contributed by atoms with Crippen LogP contribution in [0, 0.1) is 0 Å². The molecule has 0 atom stereocenters. The fourth-order valence-corrected chi connectivity index (χ4v) is 3.81. The first-order valence-corrected chi connectivity index (χ1v) is 14.0. The van der Waals surface area contributed by atoms with Gasteiger partial charge in [-0.25, -0.2) is 8.78 Å². The van der Waals surface area contributed by atoms with E-state index in [4.69, 9.17) is 4.74 Å². The summed E-state index contributed by atoms with van der Waals surface area (Å²) in [5.41, 5.74) is 0. The molecule has 0 fully saturated rings. The van der Waals surface area contributed by atoms with Gasteiger partial charge in [-0.05, 0) is 19.3 Å². The molecule has 0 aliphatic heterocycles. The quantitative estimate of drug-likeness (QED) is 0.0610. The summed E-state index contributed by atoms with van der Waals surface area (Å²) in [4.78, 5) is 23.1. The smallest absolute Gasteiger partial charge is 0.381 e. The Morgan fingerprint density at radius 2 is 0.974 bits per heavy atom. The van der Waals surface area contributed by atoms with Crippen molar-refractivity contribution in [1.29, 1.82) is 0 Å². The van der Waals surface area contributed by atoms with Crippen molar-refractivity contribution in [3.63, 3.8) is 0 Å². The molecule has 0 aromatic carbocycles. The van der Waals surface area contributed by atoms with Crippen molar-refractivity contribution < 1.29 is 54.2 Å². The molecule has 12 heteroatoms. The number of ether oxygens (including phenoxy) is 2. The van der Waals surface area contributed by atoms with Crippen LogP contribution < -0.4 is 0 Å². The summed E-state index contributed by atoms with van der Waals surface area (Å²) >= 11 is 0. The van der Waals surface area contributed by atoms with Crippen molar-refractivity contribution in [2.75, 3.05) is 13.2 Å². The lowest BCUT2D eigenvalue weighted by atomic mass is 10.0. The van der Waals surface area contributed by atoms with Gasteiger partial charge in [0.05, 0.1) is 6.61 Å². The van der Waals surface area contributed by atoms with Crippen molar-refractivity contribution in [2.45, 2.75) is 147 Å². The number of hydrogen-bond acceptors (Lipinski definition) is 4. The lowest BCUT2D eigenvalue weighted by Gasteiger charge is -2.31. The van der Waals surface area contributed by atoms with Crippen LogP contribution in [0.4, 0.5) is 35.1 Å². The van der Waals surface area contributed by atoms with Gasteiger partial charge in [-0.1, -0.05) is 90.4 Å². The minimum atomic E-state index is -6.43. The maximum absolute atomic E-state index is 13.3. The number of alkyl halides is 8. The molecule has 0 aromatic rings. The molecule has 0 saturated carbocycles. The molecule has 0 N–H and O–H groups in total. The normalized spacial score (nSPS) is 12.7. The lowest BCUT2D eigenvalue weighted by Crippen LogP contribution is -2.59. The van der Waals surface area contributed by atoms with Crippen molar-refractivity contribution in [3.8, 4) is 0 Å². The second-order valence-electron chi connectivity index (χ2n) is 9.89. The van der Waals surface area contributed by atoms with Crippen molar-refractivity contribution >= 4 is 11.9 Å². The topological polar surface area (TPSA) is 52.6 Å². The highest BCUT2D eigenvalue weighted by Crippen LogP contribution is 2.48. The third kappa shape index (κ3) is 15.7. The van der Waals surface area contributed by atoms with E-state index in [9.17, 15) is 44.7 Å². The molecule has 232 valence electrons. The van der Waals surface area contributed by atoms with E-state index in [0.29, 0.717) is 0 Å². The first-order chi connectivity index (χ1) is 18.3. The van der Waals surface area contributed by atoms with Gasteiger partial charge in [0, 0.05) is 12.8 Å². The molecule has 0 aromatic heterocycles. The van der Waals surface area contributed by atoms with Crippen LogP contribution in [0.1, 0.15) is 122 Å². The van der Waals surface area contributed by atoms with Crippen molar-refractivity contribution in [2.24, 2.45) is 0 Å². The summed E-state index contributed by atoms with van der Waals surface area (Å²) in [6.07, 6.45) is 11.2. The highest BCUT2D eigenvalue weighted by Gasteiger charge is 2.75. The van der Waals surface area contributed by atoms with Gasteiger partial charge in [0.25, 0.3) is 0 Å². The van der Waals surface area contributed by atoms with Gasteiger partial charge in [0.15, 0.2) is 6.61 Å². The van der Waals surface area contributed by atoms with E-state index in [1.54, 1.807) is 0 Å². The molecule has 0 aliphatic rings. The van der Waals surface area contributed by atoms with Crippen LogP contribution in [0.3, 0.4) is 0 Å².